The molecule has 0 heterocycles. The largest absolute Gasteiger partial charge is 0.412 e. The Morgan fingerprint density at radius 2 is 1.00 bits per heavy atom. The zero-order valence-corrected chi connectivity index (χ0v) is 7.56. The molecule has 0 aromatic heterocycles. The van der Waals surface area contributed by atoms with Crippen molar-refractivity contribution in [1.82, 2.24) is 0 Å². The smallest absolute Gasteiger partial charge is 0 e. The minimum absolute atomic E-state index is 0. The normalized spacial score (nSPS) is 0. The molecule has 0 amide bonds. The molecule has 0 saturated heterocycles. The molecule has 0 saturated carbocycles. The van der Waals surface area contributed by atoms with E-state index in [-0.39, 0.29) is 92.9 Å². The summed E-state index contributed by atoms with van der Waals surface area (Å²) in [7, 11) is 0. The molecule has 0 spiro atoms. The average Bonchev–Trinajstić information content (AvgIpc) is 0. The summed E-state index contributed by atoms with van der Waals surface area (Å²) >= 11 is 0. The van der Waals surface area contributed by atoms with Gasteiger partial charge in [0.05, 0.1) is 0 Å². The Bertz CT molecular complexity index is 8.00. The van der Waals surface area contributed by atoms with E-state index >= 15 is 0 Å². The minimum atomic E-state index is 0. The van der Waals surface area contributed by atoms with Crippen LogP contribution in [0.5, 0.6) is 0 Å². The van der Waals surface area contributed by atoms with Gasteiger partial charge in [0.2, 0.25) is 0 Å². The molecule has 0 aliphatic rings. The maximum absolute atomic E-state index is 0. The van der Waals surface area contributed by atoms with Crippen LogP contribution in [0.1, 0.15) is 0 Å². The predicted molar refractivity (Wildman–Crippen MR) is 3.61 cm³/mol. The second-order valence-corrected chi connectivity index (χ2v) is 0. The van der Waals surface area contributed by atoms with Crippen molar-refractivity contribution >= 4 is 0 Å². The molecule has 0 aliphatic heterocycles. The van der Waals surface area contributed by atoms with Crippen molar-refractivity contribution in [3.8, 4) is 0 Å². The van der Waals surface area contributed by atoms with E-state index in [1.807, 2.05) is 0 Å². The summed E-state index contributed by atoms with van der Waals surface area (Å²) in [4.78, 5) is 0. The van der Waals surface area contributed by atoms with Gasteiger partial charge in [0, 0.05) is 87.4 Å². The molecule has 0 rings (SSSR count). The molecule has 0 atom stereocenters. The summed E-state index contributed by atoms with van der Waals surface area (Å²) in [6.45, 7) is 0. The first-order valence-corrected chi connectivity index (χ1v) is 0. The van der Waals surface area contributed by atoms with E-state index in [9.17, 15) is 0 Å². The number of hydrogen-bond acceptors (Lipinski definition) is 0. The van der Waals surface area contributed by atoms with Gasteiger partial charge in [-0.3, -0.25) is 0 Å². The Hall–Kier alpha value is 2.83. The topological polar surface area (TPSA) is 31.5 Å². The summed E-state index contributed by atoms with van der Waals surface area (Å²) in [5, 5.41) is 0. The molecule has 0 bridgehead atoms. The first-order chi connectivity index (χ1) is 0. The first-order valence-electron chi connectivity index (χ1n) is 0. The Balaban J connectivity index is 0. The quantitative estimate of drug-likeness (QED) is 0.520. The molecule has 31 valence electrons. The van der Waals surface area contributed by atoms with Crippen molar-refractivity contribution in [2.75, 3.05) is 0 Å². The molecule has 1 nitrogen and oxygen atoms in total. The van der Waals surface area contributed by atoms with Crippen LogP contribution in [0.4, 0.5) is 0 Å². The second kappa shape index (κ2) is 17.0. The van der Waals surface area contributed by atoms with E-state index in [4.69, 9.17) is 0 Å². The molecule has 0 fully saturated rings. The maximum atomic E-state index is 0. The molecule has 4 heavy (non-hydrogen) atoms. The van der Waals surface area contributed by atoms with Gasteiger partial charge in [0.1, 0.15) is 0 Å². The van der Waals surface area contributed by atoms with Crippen molar-refractivity contribution in [3.05, 3.63) is 0 Å². The summed E-state index contributed by atoms with van der Waals surface area (Å²) in [6, 6.07) is 0. The van der Waals surface area contributed by atoms with Gasteiger partial charge in [-0.2, -0.15) is 0 Å². The first kappa shape index (κ1) is 29.0. The van der Waals surface area contributed by atoms with E-state index < -0.39 is 0 Å². The van der Waals surface area contributed by atoms with Crippen LogP contribution < -0.4 is 0 Å². The summed E-state index contributed by atoms with van der Waals surface area (Å²) in [5.41, 5.74) is 0. The Kier molecular flexibility index (Phi) is 123. The number of hydrogen-bond donors (Lipinski definition) is 0. The molecule has 2 N–H and O–H groups in total. The molecule has 0 unspecified atom stereocenters. The van der Waals surface area contributed by atoms with Crippen LogP contribution in [-0.4, -0.2) is 5.48 Å². The van der Waals surface area contributed by atoms with Crippen molar-refractivity contribution in [1.29, 1.82) is 0 Å². The predicted octanol–water partition coefficient (Wildman–Crippen LogP) is -0.830. The molecule has 0 aliphatic carbocycles. The maximum Gasteiger partial charge on any atom is 0 e. The van der Waals surface area contributed by atoms with E-state index in [2.05, 4.69) is 0 Å². The second-order valence-electron chi connectivity index (χ2n) is 0. The van der Waals surface area contributed by atoms with Crippen LogP contribution in [0.2, 0.25) is 0 Å². The molecule has 0 aromatic rings. The van der Waals surface area contributed by atoms with Gasteiger partial charge in [0.15, 0.2) is 0 Å². The van der Waals surface area contributed by atoms with Gasteiger partial charge in [-0.05, 0) is 0 Å². The zero-order valence-electron chi connectivity index (χ0n) is 1.71. The van der Waals surface area contributed by atoms with E-state index in [1.54, 1.807) is 0 Å². The Morgan fingerprint density at radius 1 is 1.00 bits per heavy atom. The van der Waals surface area contributed by atoms with E-state index in [1.165, 1.54) is 0 Å². The Morgan fingerprint density at radius 3 is 1.00 bits per heavy atom. The van der Waals surface area contributed by atoms with Gasteiger partial charge in [-0.1, -0.05) is 0 Å². The number of rotatable bonds is 0. The van der Waals surface area contributed by atoms with Gasteiger partial charge < -0.3 is 5.48 Å². The molecular weight excluding hydrogens is 326 g/mol. The van der Waals surface area contributed by atoms with Crippen LogP contribution in [0.25, 0.3) is 0 Å². The summed E-state index contributed by atoms with van der Waals surface area (Å²) < 4.78 is 0. The minimum Gasteiger partial charge on any atom is -0.412 e. The van der Waals surface area contributed by atoms with E-state index in [0.29, 0.717) is 0 Å². The van der Waals surface area contributed by atoms with Crippen LogP contribution in [0.3, 0.4) is 0 Å². The van der Waals surface area contributed by atoms with Crippen molar-refractivity contribution < 1.29 is 92.9 Å². The summed E-state index contributed by atoms with van der Waals surface area (Å²) in [5.74, 6) is 0. The van der Waals surface area contributed by atoms with Crippen molar-refractivity contribution in [2.24, 2.45) is 0 Å². The third-order valence-corrected chi connectivity index (χ3v) is 0. The van der Waals surface area contributed by atoms with Crippen molar-refractivity contribution in [3.63, 3.8) is 0 Å². The van der Waals surface area contributed by atoms with Gasteiger partial charge in [-0.15, -0.1) is 0 Å². The third-order valence-electron chi connectivity index (χ3n) is 0. The molecule has 0 aromatic carbocycles. The SMILES string of the molecule is O.[Dy].[Ni].[Y]. The van der Waals surface area contributed by atoms with Crippen molar-refractivity contribution in [2.45, 2.75) is 0 Å². The van der Waals surface area contributed by atoms with Crippen LogP contribution in [-0.2, 0) is 49.2 Å². The van der Waals surface area contributed by atoms with Gasteiger partial charge in [0.25, 0.3) is 0 Å². The monoisotopic (exact) mass is 329 g/mol. The van der Waals surface area contributed by atoms with Crippen LogP contribution in [0, 0.1) is 38.2 Å². The van der Waals surface area contributed by atoms with Gasteiger partial charge in [-0.25, -0.2) is 0 Å². The molecular formula is H2DyNiOY. The molecule has 4 heteroatoms. The van der Waals surface area contributed by atoms with Crippen LogP contribution >= 0.6 is 0 Å². The fourth-order valence-corrected chi connectivity index (χ4v) is 0. The average molecular weight is 328 g/mol. The standard InChI is InChI=1S/Dy.Ni.H2O.Y/h;;1H2;. The van der Waals surface area contributed by atoms with Gasteiger partial charge >= 0.3 is 0 Å². The third kappa shape index (κ3) is 8.85. The van der Waals surface area contributed by atoms with E-state index in [0.717, 1.165) is 0 Å². The molecule has 1 radical (unpaired) electrons. The zero-order chi connectivity index (χ0) is 0. The fourth-order valence-electron chi connectivity index (χ4n) is 0. The summed E-state index contributed by atoms with van der Waals surface area (Å²) in [6.07, 6.45) is 0. The fraction of sp³-hybridized carbons (Fsp3) is 0. The van der Waals surface area contributed by atoms with Crippen LogP contribution in [0.15, 0.2) is 0 Å². The Labute approximate surface area is 90.8 Å².